The number of para-hydroxylation sites is 1. The molecule has 5 rings (SSSR count). The van der Waals surface area contributed by atoms with Gasteiger partial charge in [-0.2, -0.15) is 9.97 Å². The second kappa shape index (κ2) is 10.4. The molecule has 3 fully saturated rings. The quantitative estimate of drug-likeness (QED) is 0.688. The molecule has 4 heterocycles. The van der Waals surface area contributed by atoms with E-state index < -0.39 is 11.9 Å². The zero-order valence-corrected chi connectivity index (χ0v) is 16.3. The first-order chi connectivity index (χ1) is 14.5. The van der Waals surface area contributed by atoms with Gasteiger partial charge in [0.2, 0.25) is 0 Å². The molecule has 0 amide bonds. The maximum Gasteiger partial charge on any atom is 0.328 e. The first-order valence-corrected chi connectivity index (χ1v) is 9.57. The Balaban J connectivity index is 0.000000275. The summed E-state index contributed by atoms with van der Waals surface area (Å²) in [6.45, 7) is 3.40. The topological polar surface area (TPSA) is 122 Å². The molecule has 2 aromatic rings. The van der Waals surface area contributed by atoms with Gasteiger partial charge in [0.05, 0.1) is 12.4 Å². The fourth-order valence-corrected chi connectivity index (χ4v) is 3.36. The van der Waals surface area contributed by atoms with Gasteiger partial charge in [0.1, 0.15) is 11.9 Å². The van der Waals surface area contributed by atoms with Crippen LogP contribution in [0.15, 0.2) is 54.9 Å². The zero-order chi connectivity index (χ0) is 21.3. The van der Waals surface area contributed by atoms with Crippen molar-refractivity contribution in [3.8, 4) is 17.5 Å². The minimum Gasteiger partial charge on any atom is -0.478 e. The molecule has 3 aliphatic rings. The van der Waals surface area contributed by atoms with E-state index in [9.17, 15) is 9.59 Å². The Morgan fingerprint density at radius 3 is 2.07 bits per heavy atom. The third-order valence-corrected chi connectivity index (χ3v) is 4.80. The van der Waals surface area contributed by atoms with Crippen molar-refractivity contribution in [2.75, 3.05) is 19.6 Å². The summed E-state index contributed by atoms with van der Waals surface area (Å²) in [5.41, 5.74) is 0. The van der Waals surface area contributed by atoms with E-state index in [-0.39, 0.29) is 6.10 Å². The van der Waals surface area contributed by atoms with Gasteiger partial charge in [0.25, 0.3) is 0 Å². The Morgan fingerprint density at radius 1 is 0.967 bits per heavy atom. The van der Waals surface area contributed by atoms with Gasteiger partial charge in [-0.25, -0.2) is 9.59 Å². The number of carboxylic acids is 2. The van der Waals surface area contributed by atoms with Crippen LogP contribution in [0.25, 0.3) is 0 Å². The third-order valence-electron chi connectivity index (χ3n) is 4.80. The summed E-state index contributed by atoms with van der Waals surface area (Å²) in [6, 6.07) is 10.1. The Hall–Kier alpha value is -3.46. The van der Waals surface area contributed by atoms with Crippen LogP contribution in [0, 0.1) is 5.92 Å². The van der Waals surface area contributed by atoms with E-state index in [0.29, 0.717) is 29.8 Å². The molecule has 1 atom stereocenters. The van der Waals surface area contributed by atoms with Gasteiger partial charge >= 0.3 is 17.9 Å². The molecule has 2 bridgehead atoms. The van der Waals surface area contributed by atoms with Gasteiger partial charge in [-0.1, -0.05) is 18.2 Å². The lowest BCUT2D eigenvalue weighted by Crippen LogP contribution is -2.52. The van der Waals surface area contributed by atoms with Gasteiger partial charge in [-0.15, -0.1) is 0 Å². The fraction of sp³-hybridized carbons (Fsp3) is 0.333. The summed E-state index contributed by atoms with van der Waals surface area (Å²) in [6.07, 6.45) is 7.11. The SMILES string of the molecule is O=C(O)C=CC(=O)O.c1ccc(Oc2cnc(OC3CN4CCC3CC4)nc2)cc1. The number of aromatic nitrogens is 2. The lowest BCUT2D eigenvalue weighted by molar-refractivity contribution is -0.134. The second-order valence-electron chi connectivity index (χ2n) is 6.92. The van der Waals surface area contributed by atoms with Crippen LogP contribution in [-0.4, -0.2) is 62.8 Å². The number of carbonyl (C=O) groups is 2. The van der Waals surface area contributed by atoms with Crippen LogP contribution >= 0.6 is 0 Å². The average Bonchev–Trinajstić information content (AvgIpc) is 2.76. The molecule has 0 aliphatic carbocycles. The normalized spacial score (nSPS) is 22.1. The van der Waals surface area contributed by atoms with Crippen LogP contribution in [0.4, 0.5) is 0 Å². The molecule has 1 aromatic carbocycles. The monoisotopic (exact) mass is 413 g/mol. The maximum absolute atomic E-state index is 9.55. The van der Waals surface area contributed by atoms with Gasteiger partial charge in [0, 0.05) is 18.7 Å². The molecule has 1 aromatic heterocycles. The Kier molecular flexibility index (Phi) is 7.34. The van der Waals surface area contributed by atoms with Gasteiger partial charge in [-0.05, 0) is 44.0 Å². The largest absolute Gasteiger partial charge is 0.478 e. The van der Waals surface area contributed by atoms with Crippen molar-refractivity contribution in [1.82, 2.24) is 14.9 Å². The van der Waals surface area contributed by atoms with E-state index in [0.717, 1.165) is 12.3 Å². The number of ether oxygens (including phenoxy) is 2. The van der Waals surface area contributed by atoms with Crippen molar-refractivity contribution in [2.45, 2.75) is 18.9 Å². The standard InChI is InChI=1S/C17H19N3O2.C4H4O4/c1-2-4-14(5-3-1)21-15-10-18-17(19-11-15)22-16-12-20-8-6-13(16)7-9-20;5-3(6)1-2-4(7)8/h1-5,10-11,13,16H,6-9,12H2;1-2H,(H,5,6)(H,7,8). The predicted molar refractivity (Wildman–Crippen MR) is 107 cm³/mol. The molecule has 1 unspecified atom stereocenters. The summed E-state index contributed by atoms with van der Waals surface area (Å²) in [5.74, 6) is -0.474. The van der Waals surface area contributed by atoms with Crippen molar-refractivity contribution >= 4 is 11.9 Å². The number of fused-ring (bicyclic) bond motifs is 3. The number of aliphatic carboxylic acids is 2. The van der Waals surface area contributed by atoms with Crippen LogP contribution in [0.1, 0.15) is 12.8 Å². The highest BCUT2D eigenvalue weighted by Crippen LogP contribution is 2.30. The summed E-state index contributed by atoms with van der Waals surface area (Å²) in [7, 11) is 0. The minimum absolute atomic E-state index is 0.225. The van der Waals surface area contributed by atoms with Crippen molar-refractivity contribution in [1.29, 1.82) is 0 Å². The third kappa shape index (κ3) is 6.56. The highest BCUT2D eigenvalue weighted by Gasteiger charge is 2.35. The van der Waals surface area contributed by atoms with Crippen LogP contribution in [0.3, 0.4) is 0 Å². The van der Waals surface area contributed by atoms with Crippen molar-refractivity contribution in [3.63, 3.8) is 0 Å². The number of carboxylic acid groups (broad SMARTS) is 2. The summed E-state index contributed by atoms with van der Waals surface area (Å²) in [5, 5.41) is 15.6. The van der Waals surface area contributed by atoms with E-state index in [2.05, 4.69) is 14.9 Å². The smallest absolute Gasteiger partial charge is 0.328 e. The van der Waals surface area contributed by atoms with Crippen LogP contribution in [-0.2, 0) is 9.59 Å². The highest BCUT2D eigenvalue weighted by molar-refractivity contribution is 5.89. The number of nitrogens with zero attached hydrogens (tertiary/aromatic N) is 3. The van der Waals surface area contributed by atoms with Crippen LogP contribution < -0.4 is 9.47 Å². The molecule has 2 N–H and O–H groups in total. The van der Waals surface area contributed by atoms with E-state index in [1.54, 1.807) is 12.4 Å². The van der Waals surface area contributed by atoms with Crippen molar-refractivity contribution in [3.05, 3.63) is 54.9 Å². The number of rotatable bonds is 6. The van der Waals surface area contributed by atoms with Gasteiger partial charge in [0.15, 0.2) is 5.75 Å². The van der Waals surface area contributed by atoms with Gasteiger partial charge in [-0.3, -0.25) is 4.90 Å². The number of piperidine rings is 3. The Labute approximate surface area is 173 Å². The number of hydrogen-bond donors (Lipinski definition) is 2. The molecule has 9 nitrogen and oxygen atoms in total. The van der Waals surface area contributed by atoms with Crippen molar-refractivity contribution < 1.29 is 29.3 Å². The molecule has 0 spiro atoms. The fourth-order valence-electron chi connectivity index (χ4n) is 3.36. The second-order valence-corrected chi connectivity index (χ2v) is 6.92. The van der Waals surface area contributed by atoms with Crippen LogP contribution in [0.5, 0.6) is 17.5 Å². The van der Waals surface area contributed by atoms with E-state index in [4.69, 9.17) is 19.7 Å². The Bertz CT molecular complexity index is 848. The molecule has 30 heavy (non-hydrogen) atoms. The lowest BCUT2D eigenvalue weighted by Gasteiger charge is -2.43. The molecule has 0 saturated carbocycles. The predicted octanol–water partition coefficient (Wildman–Crippen LogP) is 2.45. The highest BCUT2D eigenvalue weighted by atomic mass is 16.5. The molecular weight excluding hydrogens is 390 g/mol. The summed E-state index contributed by atoms with van der Waals surface area (Å²) >= 11 is 0. The summed E-state index contributed by atoms with van der Waals surface area (Å²) < 4.78 is 11.7. The molecule has 3 aliphatic heterocycles. The van der Waals surface area contributed by atoms with Crippen LogP contribution in [0.2, 0.25) is 0 Å². The first kappa shape index (κ1) is 21.3. The lowest BCUT2D eigenvalue weighted by atomic mass is 9.86. The molecule has 3 saturated heterocycles. The molecule has 9 heteroatoms. The maximum atomic E-state index is 9.55. The number of hydrogen-bond acceptors (Lipinski definition) is 7. The first-order valence-electron chi connectivity index (χ1n) is 9.57. The van der Waals surface area contributed by atoms with Gasteiger partial charge < -0.3 is 19.7 Å². The molecular formula is C21H23N3O6. The van der Waals surface area contributed by atoms with E-state index in [1.165, 1.54) is 25.9 Å². The molecule has 158 valence electrons. The summed E-state index contributed by atoms with van der Waals surface area (Å²) in [4.78, 5) is 30.1. The van der Waals surface area contributed by atoms with E-state index >= 15 is 0 Å². The zero-order valence-electron chi connectivity index (χ0n) is 16.3. The van der Waals surface area contributed by atoms with Crippen molar-refractivity contribution in [2.24, 2.45) is 5.92 Å². The Morgan fingerprint density at radius 2 is 1.57 bits per heavy atom. The average molecular weight is 413 g/mol. The minimum atomic E-state index is -1.26. The number of benzene rings is 1. The molecule has 0 radical (unpaired) electrons. The van der Waals surface area contributed by atoms with E-state index in [1.807, 2.05) is 30.3 Å².